The van der Waals surface area contributed by atoms with Gasteiger partial charge in [-0.2, -0.15) is 0 Å². The van der Waals surface area contributed by atoms with Crippen molar-refractivity contribution in [2.45, 2.75) is 25.7 Å². The highest BCUT2D eigenvalue weighted by molar-refractivity contribution is 5.81. The lowest BCUT2D eigenvalue weighted by molar-refractivity contribution is -0.137. The normalized spacial score (nSPS) is 9.75. The number of esters is 1. The van der Waals surface area contributed by atoms with Crippen molar-refractivity contribution in [3.8, 4) is 0 Å². The van der Waals surface area contributed by atoms with Crippen LogP contribution in [-0.4, -0.2) is 12.6 Å². The molecule has 0 heterocycles. The zero-order chi connectivity index (χ0) is 11.6. The van der Waals surface area contributed by atoms with Crippen molar-refractivity contribution in [1.29, 1.82) is 0 Å². The van der Waals surface area contributed by atoms with E-state index >= 15 is 0 Å². The summed E-state index contributed by atoms with van der Waals surface area (Å²) >= 11 is 0. The van der Waals surface area contributed by atoms with Gasteiger partial charge in [0.05, 0.1) is 6.61 Å². The Morgan fingerprint density at radius 2 is 1.94 bits per heavy atom. The molecule has 0 unspecified atom stereocenters. The minimum absolute atomic E-state index is 0.331. The van der Waals surface area contributed by atoms with Crippen molar-refractivity contribution in [2.24, 2.45) is 0 Å². The molecule has 0 saturated carbocycles. The Morgan fingerprint density at radius 1 is 1.19 bits per heavy atom. The second kappa shape index (κ2) is 7.69. The third-order valence-electron chi connectivity index (χ3n) is 2.36. The molecule has 1 aromatic rings. The SMILES string of the molecule is C=CC(=O)OCCCCCc1ccccc1. The molecule has 0 aliphatic carbocycles. The standard InChI is InChI=1S/C14H18O2/c1-2-14(15)16-12-8-4-7-11-13-9-5-3-6-10-13/h2-3,5-6,9-10H,1,4,7-8,11-12H2. The van der Waals surface area contributed by atoms with Gasteiger partial charge in [-0.3, -0.25) is 0 Å². The second-order valence-electron chi connectivity index (χ2n) is 3.67. The molecule has 2 heteroatoms. The van der Waals surface area contributed by atoms with Crippen molar-refractivity contribution in [3.63, 3.8) is 0 Å². The van der Waals surface area contributed by atoms with E-state index in [1.165, 1.54) is 11.6 Å². The predicted molar refractivity (Wildman–Crippen MR) is 65.2 cm³/mol. The summed E-state index contributed by atoms with van der Waals surface area (Å²) in [6.07, 6.45) is 5.43. The largest absolute Gasteiger partial charge is 0.463 e. The van der Waals surface area contributed by atoms with Gasteiger partial charge in [0, 0.05) is 6.08 Å². The van der Waals surface area contributed by atoms with Crippen LogP contribution in [0.3, 0.4) is 0 Å². The first kappa shape index (κ1) is 12.5. The van der Waals surface area contributed by atoms with Crippen molar-refractivity contribution < 1.29 is 9.53 Å². The number of benzene rings is 1. The monoisotopic (exact) mass is 218 g/mol. The highest BCUT2D eigenvalue weighted by atomic mass is 16.5. The predicted octanol–water partition coefficient (Wildman–Crippen LogP) is 3.13. The summed E-state index contributed by atoms with van der Waals surface area (Å²) < 4.78 is 4.89. The van der Waals surface area contributed by atoms with Crippen LogP contribution < -0.4 is 0 Å². The van der Waals surface area contributed by atoms with E-state index in [4.69, 9.17) is 4.74 Å². The number of hydrogen-bond donors (Lipinski definition) is 0. The average Bonchev–Trinajstić information content (AvgIpc) is 2.34. The topological polar surface area (TPSA) is 26.3 Å². The number of ether oxygens (including phenoxy) is 1. The third kappa shape index (κ3) is 5.35. The maximum absolute atomic E-state index is 10.7. The molecule has 16 heavy (non-hydrogen) atoms. The lowest BCUT2D eigenvalue weighted by Gasteiger charge is -2.02. The van der Waals surface area contributed by atoms with Crippen LogP contribution >= 0.6 is 0 Å². The highest BCUT2D eigenvalue weighted by Gasteiger charge is 1.96. The second-order valence-corrected chi connectivity index (χ2v) is 3.67. The molecule has 1 rings (SSSR count). The van der Waals surface area contributed by atoms with Crippen molar-refractivity contribution >= 4 is 5.97 Å². The Morgan fingerprint density at radius 3 is 2.62 bits per heavy atom. The van der Waals surface area contributed by atoms with Gasteiger partial charge in [-0.25, -0.2) is 4.79 Å². The van der Waals surface area contributed by atoms with E-state index < -0.39 is 0 Å². The Balaban J connectivity index is 2.00. The van der Waals surface area contributed by atoms with Crippen LogP contribution in [0.2, 0.25) is 0 Å². The zero-order valence-electron chi connectivity index (χ0n) is 9.52. The van der Waals surface area contributed by atoms with Gasteiger partial charge >= 0.3 is 5.97 Å². The number of carbonyl (C=O) groups is 1. The van der Waals surface area contributed by atoms with Crippen LogP contribution in [0, 0.1) is 0 Å². The van der Waals surface area contributed by atoms with E-state index in [1.54, 1.807) is 0 Å². The summed E-state index contributed by atoms with van der Waals surface area (Å²) in [6.45, 7) is 3.84. The minimum atomic E-state index is -0.331. The molecule has 0 N–H and O–H groups in total. The van der Waals surface area contributed by atoms with E-state index in [1.807, 2.05) is 6.07 Å². The Labute approximate surface area is 96.9 Å². The number of unbranched alkanes of at least 4 members (excludes halogenated alkanes) is 2. The first-order valence-electron chi connectivity index (χ1n) is 5.66. The van der Waals surface area contributed by atoms with Crippen molar-refractivity contribution in [2.75, 3.05) is 6.61 Å². The van der Waals surface area contributed by atoms with Gasteiger partial charge in [-0.15, -0.1) is 0 Å². The molecule has 0 amide bonds. The number of hydrogen-bond acceptors (Lipinski definition) is 2. The van der Waals surface area contributed by atoms with E-state index in [9.17, 15) is 4.79 Å². The summed E-state index contributed by atoms with van der Waals surface area (Å²) in [5, 5.41) is 0. The van der Waals surface area contributed by atoms with Gasteiger partial charge in [-0.1, -0.05) is 36.9 Å². The molecule has 0 aromatic heterocycles. The number of rotatable bonds is 7. The van der Waals surface area contributed by atoms with Gasteiger partial charge in [0.15, 0.2) is 0 Å². The molecule has 1 aromatic carbocycles. The van der Waals surface area contributed by atoms with Crippen LogP contribution in [0.15, 0.2) is 43.0 Å². The van der Waals surface area contributed by atoms with Crippen molar-refractivity contribution in [3.05, 3.63) is 48.6 Å². The summed E-state index contributed by atoms with van der Waals surface area (Å²) in [5.74, 6) is -0.331. The summed E-state index contributed by atoms with van der Waals surface area (Å²) in [5.41, 5.74) is 1.37. The quantitative estimate of drug-likeness (QED) is 0.399. The molecule has 0 aliphatic rings. The molecule has 0 aliphatic heterocycles. The highest BCUT2D eigenvalue weighted by Crippen LogP contribution is 2.06. The Bertz CT molecular complexity index is 317. The number of aryl methyl sites for hydroxylation is 1. The van der Waals surface area contributed by atoms with Gasteiger partial charge < -0.3 is 4.74 Å². The summed E-state index contributed by atoms with van der Waals surface area (Å²) in [4.78, 5) is 10.7. The maximum Gasteiger partial charge on any atom is 0.330 e. The molecular formula is C14H18O2. The summed E-state index contributed by atoms with van der Waals surface area (Å²) in [7, 11) is 0. The van der Waals surface area contributed by atoms with E-state index in [-0.39, 0.29) is 5.97 Å². The molecule has 0 fully saturated rings. The van der Waals surface area contributed by atoms with Gasteiger partial charge in [0.1, 0.15) is 0 Å². The lowest BCUT2D eigenvalue weighted by Crippen LogP contribution is -2.01. The Kier molecular flexibility index (Phi) is 6.00. The molecular weight excluding hydrogens is 200 g/mol. The van der Waals surface area contributed by atoms with Crippen LogP contribution in [-0.2, 0) is 16.0 Å². The molecule has 0 radical (unpaired) electrons. The average molecular weight is 218 g/mol. The van der Waals surface area contributed by atoms with Crippen molar-refractivity contribution in [1.82, 2.24) is 0 Å². The maximum atomic E-state index is 10.7. The molecule has 0 saturated heterocycles. The number of carbonyl (C=O) groups excluding carboxylic acids is 1. The fourth-order valence-electron chi connectivity index (χ4n) is 1.48. The first-order valence-corrected chi connectivity index (χ1v) is 5.66. The zero-order valence-corrected chi connectivity index (χ0v) is 9.52. The molecule has 86 valence electrons. The van der Waals surface area contributed by atoms with Gasteiger partial charge in [-0.05, 0) is 31.2 Å². The fourth-order valence-corrected chi connectivity index (χ4v) is 1.48. The lowest BCUT2D eigenvalue weighted by atomic mass is 10.1. The van der Waals surface area contributed by atoms with Crippen LogP contribution in [0.5, 0.6) is 0 Å². The van der Waals surface area contributed by atoms with E-state index in [2.05, 4.69) is 30.8 Å². The molecule has 2 nitrogen and oxygen atoms in total. The smallest absolute Gasteiger partial charge is 0.330 e. The van der Waals surface area contributed by atoms with Gasteiger partial charge in [0.25, 0.3) is 0 Å². The summed E-state index contributed by atoms with van der Waals surface area (Å²) in [6, 6.07) is 10.4. The van der Waals surface area contributed by atoms with Crippen LogP contribution in [0.4, 0.5) is 0 Å². The van der Waals surface area contributed by atoms with Gasteiger partial charge in [0.2, 0.25) is 0 Å². The third-order valence-corrected chi connectivity index (χ3v) is 2.36. The van der Waals surface area contributed by atoms with Crippen LogP contribution in [0.1, 0.15) is 24.8 Å². The van der Waals surface area contributed by atoms with E-state index in [0.29, 0.717) is 6.61 Å². The van der Waals surface area contributed by atoms with Crippen LogP contribution in [0.25, 0.3) is 0 Å². The first-order chi connectivity index (χ1) is 7.83. The molecule has 0 atom stereocenters. The molecule has 0 bridgehead atoms. The minimum Gasteiger partial charge on any atom is -0.463 e. The fraction of sp³-hybridized carbons (Fsp3) is 0.357. The Hall–Kier alpha value is -1.57. The molecule has 0 spiro atoms. The van der Waals surface area contributed by atoms with E-state index in [0.717, 1.165) is 25.7 Å².